The highest BCUT2D eigenvalue weighted by Crippen LogP contribution is 2.26. The number of benzene rings is 1. The third-order valence-corrected chi connectivity index (χ3v) is 5.11. The van der Waals surface area contributed by atoms with Gasteiger partial charge in [0.05, 0.1) is 12.6 Å². The second kappa shape index (κ2) is 5.70. The summed E-state index contributed by atoms with van der Waals surface area (Å²) in [7, 11) is 0. The van der Waals surface area contributed by atoms with Gasteiger partial charge in [0, 0.05) is 43.4 Å². The molecule has 0 bridgehead atoms. The Morgan fingerprint density at radius 2 is 2.05 bits per heavy atom. The van der Waals surface area contributed by atoms with Gasteiger partial charge >= 0.3 is 6.03 Å². The molecule has 0 radical (unpaired) electrons. The molecule has 2 aromatic rings. The molecule has 0 N–H and O–H groups in total. The number of aromatic nitrogens is 1. The maximum atomic E-state index is 12.6. The Kier molecular flexibility index (Phi) is 3.56. The molecule has 1 aromatic carbocycles. The molecule has 2 saturated heterocycles. The zero-order valence-electron chi connectivity index (χ0n) is 12.3. The van der Waals surface area contributed by atoms with E-state index in [1.54, 1.807) is 11.3 Å². The smallest absolute Gasteiger partial charge is 0.317 e. The van der Waals surface area contributed by atoms with Crippen molar-refractivity contribution in [2.45, 2.75) is 12.6 Å². The number of piperazine rings is 1. The summed E-state index contributed by atoms with van der Waals surface area (Å²) in [6.07, 6.45) is 1.85. The van der Waals surface area contributed by atoms with Gasteiger partial charge in [-0.1, -0.05) is 18.2 Å². The van der Waals surface area contributed by atoms with Gasteiger partial charge in [0.15, 0.2) is 0 Å². The molecule has 6 heteroatoms. The number of fused-ring (bicyclic) bond motifs is 1. The molecule has 0 aliphatic carbocycles. The lowest BCUT2D eigenvalue weighted by atomic mass is 10.2. The summed E-state index contributed by atoms with van der Waals surface area (Å²) in [4.78, 5) is 23.3. The molecule has 5 nitrogen and oxygen atoms in total. The van der Waals surface area contributed by atoms with Crippen molar-refractivity contribution in [3.8, 4) is 0 Å². The van der Waals surface area contributed by atoms with Crippen LogP contribution in [0.1, 0.15) is 5.01 Å². The molecule has 22 heavy (non-hydrogen) atoms. The molecule has 2 amide bonds. The molecule has 1 aromatic heterocycles. The Labute approximate surface area is 133 Å². The van der Waals surface area contributed by atoms with E-state index in [4.69, 9.17) is 0 Å². The lowest BCUT2D eigenvalue weighted by molar-refractivity contribution is 0.116. The largest absolute Gasteiger partial charge is 0.324 e. The second-order valence-electron chi connectivity index (χ2n) is 5.74. The van der Waals surface area contributed by atoms with Crippen LogP contribution >= 0.6 is 11.3 Å². The summed E-state index contributed by atoms with van der Waals surface area (Å²) < 4.78 is 0. The van der Waals surface area contributed by atoms with Crippen LogP contribution in [0.4, 0.5) is 10.5 Å². The van der Waals surface area contributed by atoms with E-state index >= 15 is 0 Å². The number of hydrogen-bond donors (Lipinski definition) is 0. The highest BCUT2D eigenvalue weighted by Gasteiger charge is 2.41. The van der Waals surface area contributed by atoms with Gasteiger partial charge in [0.25, 0.3) is 0 Å². The molecule has 114 valence electrons. The molecular weight excluding hydrogens is 296 g/mol. The first-order valence-corrected chi connectivity index (χ1v) is 8.43. The Morgan fingerprint density at radius 1 is 1.18 bits per heavy atom. The Morgan fingerprint density at radius 3 is 2.82 bits per heavy atom. The van der Waals surface area contributed by atoms with Crippen LogP contribution in [0.15, 0.2) is 41.9 Å². The van der Waals surface area contributed by atoms with Crippen LogP contribution in [0.5, 0.6) is 0 Å². The number of hydrogen-bond acceptors (Lipinski definition) is 4. The first-order valence-electron chi connectivity index (χ1n) is 7.55. The predicted molar refractivity (Wildman–Crippen MR) is 87.1 cm³/mol. The van der Waals surface area contributed by atoms with Gasteiger partial charge in [-0.05, 0) is 12.1 Å². The molecule has 2 aliphatic rings. The molecule has 2 fully saturated rings. The first-order chi connectivity index (χ1) is 10.8. The normalized spacial score (nSPS) is 22.2. The minimum Gasteiger partial charge on any atom is -0.317 e. The Hall–Kier alpha value is -1.92. The quantitative estimate of drug-likeness (QED) is 0.872. The number of carbonyl (C=O) groups excluding carboxylic acids is 1. The van der Waals surface area contributed by atoms with E-state index in [9.17, 15) is 4.79 Å². The maximum Gasteiger partial charge on any atom is 0.324 e. The van der Waals surface area contributed by atoms with Crippen molar-refractivity contribution in [2.75, 3.05) is 31.1 Å². The number of anilines is 1. The van der Waals surface area contributed by atoms with Crippen LogP contribution in [0.3, 0.4) is 0 Å². The van der Waals surface area contributed by atoms with Gasteiger partial charge < -0.3 is 4.90 Å². The number of para-hydroxylation sites is 1. The van der Waals surface area contributed by atoms with Crippen molar-refractivity contribution in [1.82, 2.24) is 14.8 Å². The average Bonchev–Trinajstić information content (AvgIpc) is 3.16. The van der Waals surface area contributed by atoms with Crippen LogP contribution in [-0.2, 0) is 6.54 Å². The van der Waals surface area contributed by atoms with Crippen molar-refractivity contribution in [3.63, 3.8) is 0 Å². The lowest BCUT2D eigenvalue weighted by Gasteiger charge is -2.35. The average molecular weight is 314 g/mol. The fourth-order valence-electron chi connectivity index (χ4n) is 3.26. The van der Waals surface area contributed by atoms with Gasteiger partial charge in [-0.2, -0.15) is 0 Å². The van der Waals surface area contributed by atoms with Crippen molar-refractivity contribution in [1.29, 1.82) is 0 Å². The zero-order valence-corrected chi connectivity index (χ0v) is 13.1. The summed E-state index contributed by atoms with van der Waals surface area (Å²) in [6.45, 7) is 4.32. The summed E-state index contributed by atoms with van der Waals surface area (Å²) in [5.74, 6) is 0. The lowest BCUT2D eigenvalue weighted by Crippen LogP contribution is -2.51. The maximum absolute atomic E-state index is 12.6. The van der Waals surface area contributed by atoms with Crippen LogP contribution in [0.25, 0.3) is 0 Å². The fraction of sp³-hybridized carbons (Fsp3) is 0.375. The van der Waals surface area contributed by atoms with Crippen molar-refractivity contribution in [2.24, 2.45) is 0 Å². The Balaban J connectivity index is 1.46. The van der Waals surface area contributed by atoms with Crippen molar-refractivity contribution >= 4 is 23.1 Å². The standard InChI is InChI=1S/C16H18N4OS/c21-16-19-8-7-18(12-15-17-6-9-22-15)10-14(19)11-20(16)13-4-2-1-3-5-13/h1-6,9,14H,7-8,10-12H2/t14-/m1/s1. The third-order valence-electron chi connectivity index (χ3n) is 4.35. The van der Waals surface area contributed by atoms with Crippen molar-refractivity contribution in [3.05, 3.63) is 46.9 Å². The summed E-state index contributed by atoms with van der Waals surface area (Å²) >= 11 is 1.70. The molecule has 0 spiro atoms. The number of amides is 2. The highest BCUT2D eigenvalue weighted by molar-refractivity contribution is 7.09. The second-order valence-corrected chi connectivity index (χ2v) is 6.72. The van der Waals surface area contributed by atoms with Crippen LogP contribution < -0.4 is 4.90 Å². The predicted octanol–water partition coefficient (Wildman–Crippen LogP) is 2.27. The summed E-state index contributed by atoms with van der Waals surface area (Å²) in [6, 6.07) is 10.4. The minimum atomic E-state index is 0.144. The monoisotopic (exact) mass is 314 g/mol. The summed E-state index contributed by atoms with van der Waals surface area (Å²) in [5.41, 5.74) is 0.994. The van der Waals surface area contributed by atoms with Crippen molar-refractivity contribution < 1.29 is 4.79 Å². The van der Waals surface area contributed by atoms with E-state index in [0.717, 1.165) is 43.4 Å². The molecule has 0 saturated carbocycles. The van der Waals surface area contributed by atoms with Gasteiger partial charge in [-0.15, -0.1) is 11.3 Å². The zero-order chi connectivity index (χ0) is 14.9. The molecule has 2 aliphatic heterocycles. The molecule has 0 unspecified atom stereocenters. The van der Waals surface area contributed by atoms with Gasteiger partial charge in [0.1, 0.15) is 5.01 Å². The van der Waals surface area contributed by atoms with Crippen LogP contribution in [0, 0.1) is 0 Å². The topological polar surface area (TPSA) is 39.7 Å². The van der Waals surface area contributed by atoms with E-state index in [0.29, 0.717) is 0 Å². The number of rotatable bonds is 3. The molecule has 4 rings (SSSR count). The first kappa shape index (κ1) is 13.7. The van der Waals surface area contributed by atoms with E-state index in [-0.39, 0.29) is 12.1 Å². The molecule has 1 atom stereocenters. The number of thiazole rings is 1. The van der Waals surface area contributed by atoms with Crippen LogP contribution in [0.2, 0.25) is 0 Å². The number of carbonyl (C=O) groups is 1. The highest BCUT2D eigenvalue weighted by atomic mass is 32.1. The fourth-order valence-corrected chi connectivity index (χ4v) is 3.92. The number of nitrogens with zero attached hydrogens (tertiary/aromatic N) is 4. The number of urea groups is 1. The van der Waals surface area contributed by atoms with E-state index in [1.807, 2.05) is 51.7 Å². The Bertz CT molecular complexity index is 645. The molecule has 3 heterocycles. The summed E-state index contributed by atoms with van der Waals surface area (Å²) in [5, 5.41) is 3.17. The van der Waals surface area contributed by atoms with Gasteiger partial charge in [0.2, 0.25) is 0 Å². The van der Waals surface area contributed by atoms with E-state index < -0.39 is 0 Å². The third kappa shape index (κ3) is 2.48. The van der Waals surface area contributed by atoms with E-state index in [1.165, 1.54) is 0 Å². The van der Waals surface area contributed by atoms with E-state index in [2.05, 4.69) is 9.88 Å². The van der Waals surface area contributed by atoms with Gasteiger partial charge in [-0.25, -0.2) is 9.78 Å². The SMILES string of the molecule is O=C1N(c2ccccc2)C[C@H]2CN(Cc3nccs3)CCN12. The minimum absolute atomic E-state index is 0.144. The molecular formula is C16H18N4OS. The van der Waals surface area contributed by atoms with Gasteiger partial charge in [-0.3, -0.25) is 9.80 Å². The van der Waals surface area contributed by atoms with Crippen LogP contribution in [-0.4, -0.2) is 53.0 Å².